The predicted molar refractivity (Wildman–Crippen MR) is 75.2 cm³/mol. The fourth-order valence-electron chi connectivity index (χ4n) is 1.56. The molecule has 1 aromatic rings. The third-order valence-corrected chi connectivity index (χ3v) is 4.19. The van der Waals surface area contributed by atoms with Gasteiger partial charge in [0.05, 0.1) is 9.92 Å². The molecule has 0 fully saturated rings. The highest BCUT2D eigenvalue weighted by Crippen LogP contribution is 2.22. The highest BCUT2D eigenvalue weighted by molar-refractivity contribution is 7.90. The molecule has 0 bridgehead atoms. The normalized spacial score (nSPS) is 12.7. The van der Waals surface area contributed by atoms with Crippen LogP contribution in [0.3, 0.4) is 0 Å². The van der Waals surface area contributed by atoms with Gasteiger partial charge in [0.1, 0.15) is 6.04 Å². The monoisotopic (exact) mass is 335 g/mol. The van der Waals surface area contributed by atoms with E-state index in [2.05, 4.69) is 5.32 Å². The number of halogens is 1. The van der Waals surface area contributed by atoms with Crippen LogP contribution >= 0.6 is 11.6 Å². The lowest BCUT2D eigenvalue weighted by molar-refractivity contribution is -0.139. The number of aliphatic carboxylic acids is 1. The van der Waals surface area contributed by atoms with Gasteiger partial charge in [-0.05, 0) is 18.2 Å². The lowest BCUT2D eigenvalue weighted by Crippen LogP contribution is -2.41. The number of nitrogens with one attached hydrogen (secondary N) is 1. The van der Waals surface area contributed by atoms with E-state index in [4.69, 9.17) is 21.8 Å². The standard InChI is InChI=1S/C12H14ClNO6S/c1-21(19,20)10-6-7(2-3-8(10)13)11(16)14-9(4-5-15)12(17)18/h2-3,6,9,15H,4-5H2,1H3,(H,14,16)(H,17,18)/t9-/m1/s1. The number of aliphatic hydroxyl groups excluding tert-OH is 1. The number of carboxylic acid groups (broad SMARTS) is 1. The average Bonchev–Trinajstić information content (AvgIpc) is 2.37. The van der Waals surface area contributed by atoms with E-state index in [0.29, 0.717) is 0 Å². The van der Waals surface area contributed by atoms with E-state index < -0.39 is 34.4 Å². The van der Waals surface area contributed by atoms with Gasteiger partial charge in [0.25, 0.3) is 5.91 Å². The van der Waals surface area contributed by atoms with Gasteiger partial charge in [0.15, 0.2) is 9.84 Å². The Hall–Kier alpha value is -1.64. The zero-order valence-electron chi connectivity index (χ0n) is 11.0. The van der Waals surface area contributed by atoms with Gasteiger partial charge in [-0.3, -0.25) is 4.79 Å². The maximum Gasteiger partial charge on any atom is 0.326 e. The third kappa shape index (κ3) is 4.69. The molecule has 0 saturated heterocycles. The Morgan fingerprint density at radius 2 is 2.00 bits per heavy atom. The van der Waals surface area contributed by atoms with Gasteiger partial charge in [-0.15, -0.1) is 0 Å². The zero-order valence-corrected chi connectivity index (χ0v) is 12.6. The van der Waals surface area contributed by atoms with Crippen molar-refractivity contribution < 1.29 is 28.2 Å². The molecule has 0 aliphatic carbocycles. The molecular weight excluding hydrogens is 322 g/mol. The Morgan fingerprint density at radius 1 is 1.38 bits per heavy atom. The number of hydrogen-bond acceptors (Lipinski definition) is 5. The molecule has 0 radical (unpaired) electrons. The van der Waals surface area contributed by atoms with Crippen LogP contribution in [-0.2, 0) is 14.6 Å². The number of aliphatic hydroxyl groups is 1. The topological polar surface area (TPSA) is 121 Å². The van der Waals surface area contributed by atoms with Crippen molar-refractivity contribution in [3.8, 4) is 0 Å². The van der Waals surface area contributed by atoms with Crippen LogP contribution in [0.25, 0.3) is 0 Å². The first-order chi connectivity index (χ1) is 9.66. The number of hydrogen-bond donors (Lipinski definition) is 3. The fourth-order valence-corrected chi connectivity index (χ4v) is 2.86. The van der Waals surface area contributed by atoms with Crippen LogP contribution in [0.5, 0.6) is 0 Å². The molecule has 0 saturated carbocycles. The van der Waals surface area contributed by atoms with Gasteiger partial charge in [0.2, 0.25) is 0 Å². The molecule has 0 aliphatic rings. The van der Waals surface area contributed by atoms with Gasteiger partial charge in [-0.1, -0.05) is 11.6 Å². The van der Waals surface area contributed by atoms with Crippen LogP contribution in [0.2, 0.25) is 5.02 Å². The quantitative estimate of drug-likeness (QED) is 0.688. The summed E-state index contributed by atoms with van der Waals surface area (Å²) >= 11 is 5.75. The smallest absolute Gasteiger partial charge is 0.326 e. The summed E-state index contributed by atoms with van der Waals surface area (Å²) in [6.45, 7) is -0.410. The molecule has 0 heterocycles. The minimum Gasteiger partial charge on any atom is -0.480 e. The van der Waals surface area contributed by atoms with Crippen LogP contribution < -0.4 is 5.32 Å². The van der Waals surface area contributed by atoms with Crippen molar-refractivity contribution in [1.82, 2.24) is 5.32 Å². The molecule has 9 heteroatoms. The summed E-state index contributed by atoms with van der Waals surface area (Å²) in [6.07, 6.45) is 0.787. The molecule has 116 valence electrons. The van der Waals surface area contributed by atoms with Crippen molar-refractivity contribution in [3.05, 3.63) is 28.8 Å². The average molecular weight is 336 g/mol. The van der Waals surface area contributed by atoms with Crippen LogP contribution in [0, 0.1) is 0 Å². The maximum atomic E-state index is 11.9. The molecule has 1 amide bonds. The van der Waals surface area contributed by atoms with E-state index >= 15 is 0 Å². The molecule has 0 aromatic heterocycles. The van der Waals surface area contributed by atoms with Crippen LogP contribution in [0.15, 0.2) is 23.1 Å². The highest BCUT2D eigenvalue weighted by atomic mass is 35.5. The SMILES string of the molecule is CS(=O)(=O)c1cc(C(=O)N[C@H](CCO)C(=O)O)ccc1Cl. The minimum atomic E-state index is -3.61. The lowest BCUT2D eigenvalue weighted by Gasteiger charge is -2.13. The number of carbonyl (C=O) groups excluding carboxylic acids is 1. The van der Waals surface area contributed by atoms with Gasteiger partial charge in [0, 0.05) is 24.8 Å². The van der Waals surface area contributed by atoms with Gasteiger partial charge < -0.3 is 15.5 Å². The number of benzene rings is 1. The number of carbonyl (C=O) groups is 2. The zero-order chi connectivity index (χ0) is 16.2. The van der Waals surface area contributed by atoms with E-state index in [1.807, 2.05) is 0 Å². The Morgan fingerprint density at radius 3 is 2.48 bits per heavy atom. The summed E-state index contributed by atoms with van der Waals surface area (Å²) in [4.78, 5) is 22.6. The molecule has 3 N–H and O–H groups in total. The summed E-state index contributed by atoms with van der Waals surface area (Å²) < 4.78 is 23.0. The van der Waals surface area contributed by atoms with Crippen LogP contribution in [0.1, 0.15) is 16.8 Å². The first-order valence-corrected chi connectivity index (χ1v) is 8.08. The summed E-state index contributed by atoms with van der Waals surface area (Å²) in [6, 6.07) is 2.34. The van der Waals surface area contributed by atoms with Gasteiger partial charge >= 0.3 is 5.97 Å². The van der Waals surface area contributed by atoms with Crippen molar-refractivity contribution in [1.29, 1.82) is 0 Å². The van der Waals surface area contributed by atoms with Gasteiger partial charge in [-0.25, -0.2) is 13.2 Å². The van der Waals surface area contributed by atoms with Crippen molar-refractivity contribution in [2.45, 2.75) is 17.4 Å². The minimum absolute atomic E-state index is 0.0285. The second-order valence-electron chi connectivity index (χ2n) is 4.29. The summed E-state index contributed by atoms with van der Waals surface area (Å²) in [5.41, 5.74) is -0.0379. The summed E-state index contributed by atoms with van der Waals surface area (Å²) in [5, 5.41) is 19.8. The predicted octanol–water partition coefficient (Wildman–Crippen LogP) is 0.309. The first kappa shape index (κ1) is 17.4. The Bertz CT molecular complexity index is 658. The van der Waals surface area contributed by atoms with Crippen molar-refractivity contribution in [2.75, 3.05) is 12.9 Å². The van der Waals surface area contributed by atoms with E-state index in [9.17, 15) is 18.0 Å². The van der Waals surface area contributed by atoms with Crippen LogP contribution in [-0.4, -0.2) is 49.4 Å². The number of carboxylic acids is 1. The molecule has 0 aliphatic heterocycles. The molecule has 21 heavy (non-hydrogen) atoms. The summed E-state index contributed by atoms with van der Waals surface area (Å²) in [5.74, 6) is -2.06. The molecule has 1 rings (SSSR count). The lowest BCUT2D eigenvalue weighted by atomic mass is 10.1. The van der Waals surface area contributed by atoms with Gasteiger partial charge in [-0.2, -0.15) is 0 Å². The number of rotatable bonds is 6. The summed E-state index contributed by atoms with van der Waals surface area (Å²) in [7, 11) is -3.61. The molecule has 1 aromatic carbocycles. The second kappa shape index (κ2) is 6.88. The second-order valence-corrected chi connectivity index (χ2v) is 6.69. The fraction of sp³-hybridized carbons (Fsp3) is 0.333. The Balaban J connectivity index is 3.06. The van der Waals surface area contributed by atoms with E-state index in [1.54, 1.807) is 0 Å². The van der Waals surface area contributed by atoms with Crippen LogP contribution in [0.4, 0.5) is 0 Å². The third-order valence-electron chi connectivity index (χ3n) is 2.61. The Labute approximate surface area is 126 Å². The van der Waals surface area contributed by atoms with E-state index in [-0.39, 0.29) is 21.9 Å². The number of amides is 1. The molecular formula is C12H14ClNO6S. The van der Waals surface area contributed by atoms with E-state index in [0.717, 1.165) is 12.3 Å². The Kier molecular flexibility index (Phi) is 5.70. The molecule has 7 nitrogen and oxygen atoms in total. The molecule has 1 atom stereocenters. The van der Waals surface area contributed by atoms with E-state index in [1.165, 1.54) is 12.1 Å². The molecule has 0 unspecified atom stereocenters. The van der Waals surface area contributed by atoms with Crippen molar-refractivity contribution in [2.24, 2.45) is 0 Å². The first-order valence-electron chi connectivity index (χ1n) is 5.81. The maximum absolute atomic E-state index is 11.9. The molecule has 0 spiro atoms. The highest BCUT2D eigenvalue weighted by Gasteiger charge is 2.21. The largest absolute Gasteiger partial charge is 0.480 e. The number of sulfone groups is 1. The van der Waals surface area contributed by atoms with Crippen molar-refractivity contribution >= 4 is 33.3 Å². The van der Waals surface area contributed by atoms with Crippen molar-refractivity contribution in [3.63, 3.8) is 0 Å².